The lowest BCUT2D eigenvalue weighted by Crippen LogP contribution is -2.27. The number of carbonyl (C=O) groups is 2. The van der Waals surface area contributed by atoms with Crippen molar-refractivity contribution in [2.75, 3.05) is 14.2 Å². The second-order valence-corrected chi connectivity index (χ2v) is 9.51. The van der Waals surface area contributed by atoms with Gasteiger partial charge in [-0.2, -0.15) is 0 Å². The molecule has 0 bridgehead atoms. The molecule has 0 atom stereocenters. The number of methoxy groups -OCH3 is 2. The van der Waals surface area contributed by atoms with Crippen molar-refractivity contribution in [1.29, 1.82) is 0 Å². The molecule has 1 saturated carbocycles. The first-order valence-corrected chi connectivity index (χ1v) is 12.5. The number of halogens is 1. The first-order valence-electron chi connectivity index (χ1n) is 12.5. The van der Waals surface area contributed by atoms with Gasteiger partial charge in [-0.25, -0.2) is 4.39 Å². The number of aromatic nitrogens is 1. The van der Waals surface area contributed by atoms with E-state index in [1.54, 1.807) is 44.7 Å². The minimum absolute atomic E-state index is 0.0246. The van der Waals surface area contributed by atoms with Crippen molar-refractivity contribution in [3.05, 3.63) is 89.9 Å². The highest BCUT2D eigenvalue weighted by Gasteiger charge is 2.54. The maximum absolute atomic E-state index is 13.1. The zero-order chi connectivity index (χ0) is 26.7. The highest BCUT2D eigenvalue weighted by Crippen LogP contribution is 2.49. The Morgan fingerprint density at radius 2 is 1.50 bits per heavy atom. The van der Waals surface area contributed by atoms with E-state index in [0.29, 0.717) is 47.8 Å². The number of ether oxygens (including phenoxy) is 3. The van der Waals surface area contributed by atoms with Gasteiger partial charge >= 0.3 is 0 Å². The van der Waals surface area contributed by atoms with Gasteiger partial charge in [-0.1, -0.05) is 24.3 Å². The van der Waals surface area contributed by atoms with Gasteiger partial charge in [-0.15, -0.1) is 0 Å². The molecule has 38 heavy (non-hydrogen) atoms. The number of hydrogen-bond donors (Lipinski definition) is 0. The molecule has 7 heteroatoms. The molecule has 5 rings (SSSR count). The van der Waals surface area contributed by atoms with Crippen LogP contribution in [0, 0.1) is 11.2 Å². The van der Waals surface area contributed by atoms with Crippen molar-refractivity contribution in [3.8, 4) is 23.0 Å². The number of pyridine rings is 1. The van der Waals surface area contributed by atoms with Crippen molar-refractivity contribution < 1.29 is 28.2 Å². The lowest BCUT2D eigenvalue weighted by atomic mass is 9.88. The summed E-state index contributed by atoms with van der Waals surface area (Å²) < 4.78 is 30.0. The summed E-state index contributed by atoms with van der Waals surface area (Å²) in [5.74, 6) is 2.01. The van der Waals surface area contributed by atoms with Crippen molar-refractivity contribution in [2.45, 2.75) is 32.1 Å². The first-order chi connectivity index (χ1) is 18.4. The molecule has 1 heterocycles. The quantitative estimate of drug-likeness (QED) is 0.220. The molecule has 1 fully saturated rings. The zero-order valence-electron chi connectivity index (χ0n) is 21.3. The minimum atomic E-state index is -0.870. The molecule has 0 saturated heterocycles. The summed E-state index contributed by atoms with van der Waals surface area (Å²) in [6.07, 6.45) is 3.83. The Hall–Kier alpha value is -4.26. The van der Waals surface area contributed by atoms with Crippen molar-refractivity contribution in [2.24, 2.45) is 5.41 Å². The van der Waals surface area contributed by atoms with Crippen LogP contribution in [-0.4, -0.2) is 30.8 Å². The van der Waals surface area contributed by atoms with Gasteiger partial charge in [-0.3, -0.25) is 14.6 Å². The summed E-state index contributed by atoms with van der Waals surface area (Å²) in [6, 6.07) is 18.8. The Kier molecular flexibility index (Phi) is 7.09. The van der Waals surface area contributed by atoms with E-state index in [-0.39, 0.29) is 30.2 Å². The molecular formula is C31H28FNO5. The third kappa shape index (κ3) is 5.23. The molecular weight excluding hydrogens is 485 g/mol. The largest absolute Gasteiger partial charge is 0.493 e. The molecule has 0 amide bonds. The molecule has 1 aliphatic carbocycles. The zero-order valence-corrected chi connectivity index (χ0v) is 21.3. The summed E-state index contributed by atoms with van der Waals surface area (Å²) in [5.41, 5.74) is 1.55. The predicted octanol–water partition coefficient (Wildman–Crippen LogP) is 6.28. The van der Waals surface area contributed by atoms with Crippen molar-refractivity contribution >= 4 is 22.5 Å². The second kappa shape index (κ2) is 10.6. The van der Waals surface area contributed by atoms with E-state index in [4.69, 9.17) is 14.2 Å². The Morgan fingerprint density at radius 3 is 2.16 bits per heavy atom. The van der Waals surface area contributed by atoms with Gasteiger partial charge in [0.25, 0.3) is 0 Å². The van der Waals surface area contributed by atoms with E-state index in [0.717, 1.165) is 16.5 Å². The molecule has 0 aliphatic heterocycles. The number of ketones is 2. The van der Waals surface area contributed by atoms with E-state index >= 15 is 0 Å². The number of benzene rings is 3. The molecule has 1 aliphatic rings. The summed E-state index contributed by atoms with van der Waals surface area (Å²) in [4.78, 5) is 30.4. The number of nitrogens with zero attached hydrogens (tertiary/aromatic N) is 1. The Labute approximate surface area is 220 Å². The highest BCUT2D eigenvalue weighted by molar-refractivity contribution is 6.10. The molecule has 4 aromatic rings. The standard InChI is InChI=1S/C31H28FNO5/c1-36-27-18-24-25(19-28(27)37-2)33-16-13-26(24)38-23-10-5-21(6-11-23)17-30(35)31(14-15-31)29(34)12-7-20-3-8-22(32)9-4-20/h3-6,8-11,13,16,18-19H,7,12,14-15,17H2,1-2H3. The Morgan fingerprint density at radius 1 is 0.842 bits per heavy atom. The minimum Gasteiger partial charge on any atom is -0.493 e. The van der Waals surface area contributed by atoms with Crippen LogP contribution in [0.2, 0.25) is 0 Å². The van der Waals surface area contributed by atoms with Gasteiger partial charge in [0.05, 0.1) is 25.2 Å². The van der Waals surface area contributed by atoms with Crippen LogP contribution < -0.4 is 14.2 Å². The van der Waals surface area contributed by atoms with E-state index < -0.39 is 5.41 Å². The van der Waals surface area contributed by atoms with Crippen LogP contribution in [0.1, 0.15) is 30.4 Å². The van der Waals surface area contributed by atoms with E-state index in [9.17, 15) is 14.0 Å². The van der Waals surface area contributed by atoms with Crippen LogP contribution in [0.4, 0.5) is 4.39 Å². The number of rotatable bonds is 11. The van der Waals surface area contributed by atoms with Crippen LogP contribution in [-0.2, 0) is 22.4 Å². The lowest BCUT2D eigenvalue weighted by Gasteiger charge is -2.14. The molecule has 1 aromatic heterocycles. The first kappa shape index (κ1) is 25.4. The molecule has 3 aromatic carbocycles. The van der Waals surface area contributed by atoms with Gasteiger partial charge < -0.3 is 14.2 Å². The highest BCUT2D eigenvalue weighted by atomic mass is 19.1. The molecule has 0 spiro atoms. The average molecular weight is 514 g/mol. The van der Waals surface area contributed by atoms with Gasteiger partial charge in [0, 0.05) is 30.5 Å². The van der Waals surface area contributed by atoms with Crippen molar-refractivity contribution in [3.63, 3.8) is 0 Å². The molecule has 0 N–H and O–H groups in total. The fourth-order valence-corrected chi connectivity index (χ4v) is 4.68. The monoisotopic (exact) mass is 513 g/mol. The molecule has 0 unspecified atom stereocenters. The smallest absolute Gasteiger partial charge is 0.162 e. The van der Waals surface area contributed by atoms with E-state index in [1.807, 2.05) is 30.3 Å². The summed E-state index contributed by atoms with van der Waals surface area (Å²) in [6.45, 7) is 0. The average Bonchev–Trinajstić information content (AvgIpc) is 3.75. The van der Waals surface area contributed by atoms with Crippen LogP contribution in [0.15, 0.2) is 72.9 Å². The van der Waals surface area contributed by atoms with Crippen LogP contribution in [0.25, 0.3) is 10.9 Å². The molecule has 0 radical (unpaired) electrons. The van der Waals surface area contributed by atoms with Gasteiger partial charge in [0.2, 0.25) is 0 Å². The number of fused-ring (bicyclic) bond motifs is 1. The maximum Gasteiger partial charge on any atom is 0.162 e. The number of Topliss-reactive ketones (excluding diaryl/α,β-unsaturated/α-hetero) is 2. The van der Waals surface area contributed by atoms with Gasteiger partial charge in [0.15, 0.2) is 17.3 Å². The number of hydrogen-bond acceptors (Lipinski definition) is 6. The summed E-state index contributed by atoms with van der Waals surface area (Å²) in [5, 5.41) is 0.777. The second-order valence-electron chi connectivity index (χ2n) is 9.51. The van der Waals surface area contributed by atoms with Crippen molar-refractivity contribution in [1.82, 2.24) is 4.98 Å². The maximum atomic E-state index is 13.1. The third-order valence-electron chi connectivity index (χ3n) is 7.09. The van der Waals surface area contributed by atoms with Crippen LogP contribution >= 0.6 is 0 Å². The molecule has 6 nitrogen and oxygen atoms in total. The third-order valence-corrected chi connectivity index (χ3v) is 7.09. The fourth-order valence-electron chi connectivity index (χ4n) is 4.68. The predicted molar refractivity (Wildman–Crippen MR) is 141 cm³/mol. The van der Waals surface area contributed by atoms with Crippen LogP contribution in [0.3, 0.4) is 0 Å². The van der Waals surface area contributed by atoms with Gasteiger partial charge in [-0.05, 0) is 66.8 Å². The van der Waals surface area contributed by atoms with E-state index in [2.05, 4.69) is 4.98 Å². The van der Waals surface area contributed by atoms with Gasteiger partial charge in [0.1, 0.15) is 23.1 Å². The molecule has 194 valence electrons. The Balaban J connectivity index is 1.23. The normalized spacial score (nSPS) is 13.7. The Bertz CT molecular complexity index is 1480. The summed E-state index contributed by atoms with van der Waals surface area (Å²) >= 11 is 0. The lowest BCUT2D eigenvalue weighted by molar-refractivity contribution is -0.134. The topological polar surface area (TPSA) is 74.7 Å². The van der Waals surface area contributed by atoms with E-state index in [1.165, 1.54) is 12.1 Å². The van der Waals surface area contributed by atoms with Crippen LogP contribution in [0.5, 0.6) is 23.0 Å². The summed E-state index contributed by atoms with van der Waals surface area (Å²) in [7, 11) is 3.15. The number of aryl methyl sites for hydroxylation is 1. The fraction of sp³-hybridized carbons (Fsp3) is 0.258. The SMILES string of the molecule is COc1cc2nccc(Oc3ccc(CC(=O)C4(C(=O)CCc5ccc(F)cc5)CC4)cc3)c2cc1OC. The number of carbonyl (C=O) groups excluding carboxylic acids is 2.